The van der Waals surface area contributed by atoms with Crippen molar-refractivity contribution in [1.29, 1.82) is 0 Å². The summed E-state index contributed by atoms with van der Waals surface area (Å²) in [5.74, 6) is 0.717. The molecule has 0 fully saturated rings. The van der Waals surface area contributed by atoms with Crippen LogP contribution in [0.5, 0.6) is 5.88 Å². The first-order chi connectivity index (χ1) is 8.22. The van der Waals surface area contributed by atoms with Crippen molar-refractivity contribution in [3.8, 4) is 5.88 Å². The number of rotatable bonds is 6. The van der Waals surface area contributed by atoms with Gasteiger partial charge in [0.2, 0.25) is 5.88 Å². The first-order valence-electron chi connectivity index (χ1n) is 5.56. The number of aromatic nitrogens is 2. The van der Waals surface area contributed by atoms with Crippen molar-refractivity contribution in [2.75, 3.05) is 34.3 Å². The largest absolute Gasteiger partial charge is 0.480 e. The van der Waals surface area contributed by atoms with E-state index in [4.69, 9.17) is 4.74 Å². The van der Waals surface area contributed by atoms with Gasteiger partial charge in [-0.2, -0.15) is 4.98 Å². The number of thiazole rings is 1. The average Bonchev–Trinajstić information content (AvgIpc) is 2.84. The number of imidazole rings is 1. The van der Waals surface area contributed by atoms with E-state index in [1.54, 1.807) is 18.4 Å². The fourth-order valence-corrected chi connectivity index (χ4v) is 2.37. The lowest BCUT2D eigenvalue weighted by Crippen LogP contribution is -2.26. The van der Waals surface area contributed by atoms with Crippen LogP contribution in [0.3, 0.4) is 0 Å². The fourth-order valence-electron chi connectivity index (χ4n) is 1.65. The first kappa shape index (κ1) is 12.3. The van der Waals surface area contributed by atoms with E-state index in [-0.39, 0.29) is 0 Å². The summed E-state index contributed by atoms with van der Waals surface area (Å²) < 4.78 is 7.37. The van der Waals surface area contributed by atoms with Crippen molar-refractivity contribution in [3.63, 3.8) is 0 Å². The van der Waals surface area contributed by atoms with Gasteiger partial charge >= 0.3 is 0 Å². The lowest BCUT2D eigenvalue weighted by atomic mass is 10.4. The first-order valence-corrected chi connectivity index (χ1v) is 6.44. The van der Waals surface area contributed by atoms with E-state index < -0.39 is 0 Å². The number of nitrogens with zero attached hydrogens (tertiary/aromatic N) is 3. The summed E-state index contributed by atoms with van der Waals surface area (Å²) in [7, 11) is 5.80. The van der Waals surface area contributed by atoms with Crippen LogP contribution < -0.4 is 10.1 Å². The summed E-state index contributed by atoms with van der Waals surface area (Å²) >= 11 is 1.62. The molecule has 0 amide bonds. The van der Waals surface area contributed by atoms with E-state index in [1.807, 2.05) is 11.6 Å². The SMILES string of the molecule is COc1nc2sccn2c1CNCCN(C)C. The van der Waals surface area contributed by atoms with Crippen molar-refractivity contribution in [1.82, 2.24) is 19.6 Å². The standard InChI is InChI=1S/C11H18N4OS/c1-14(2)5-4-12-8-9-10(16-3)13-11-15(9)6-7-17-11/h6-7,12H,4-5,8H2,1-3H3. The Labute approximate surface area is 105 Å². The van der Waals surface area contributed by atoms with Gasteiger partial charge in [0, 0.05) is 31.2 Å². The lowest BCUT2D eigenvalue weighted by molar-refractivity contribution is 0.384. The van der Waals surface area contributed by atoms with Crippen LogP contribution >= 0.6 is 11.3 Å². The van der Waals surface area contributed by atoms with Gasteiger partial charge in [-0.25, -0.2) is 0 Å². The molecule has 2 aromatic heterocycles. The van der Waals surface area contributed by atoms with Gasteiger partial charge < -0.3 is 15.0 Å². The molecular weight excluding hydrogens is 236 g/mol. The predicted octanol–water partition coefficient (Wildman–Crippen LogP) is 1.06. The predicted molar refractivity (Wildman–Crippen MR) is 69.9 cm³/mol. The number of hydrogen-bond donors (Lipinski definition) is 1. The number of fused-ring (bicyclic) bond motifs is 1. The summed E-state index contributed by atoms with van der Waals surface area (Å²) in [5, 5.41) is 5.43. The molecule has 0 radical (unpaired) electrons. The zero-order valence-corrected chi connectivity index (χ0v) is 11.3. The number of methoxy groups -OCH3 is 1. The molecular formula is C11H18N4OS. The van der Waals surface area contributed by atoms with Gasteiger partial charge in [-0.05, 0) is 14.1 Å². The van der Waals surface area contributed by atoms with Crippen LogP contribution in [-0.2, 0) is 6.54 Å². The molecule has 2 aromatic rings. The maximum atomic E-state index is 5.29. The Morgan fingerprint density at radius 1 is 1.53 bits per heavy atom. The highest BCUT2D eigenvalue weighted by Gasteiger charge is 2.12. The highest BCUT2D eigenvalue weighted by Crippen LogP contribution is 2.22. The topological polar surface area (TPSA) is 41.8 Å². The second-order valence-electron chi connectivity index (χ2n) is 4.10. The number of hydrogen-bond acceptors (Lipinski definition) is 5. The minimum absolute atomic E-state index is 0.717. The highest BCUT2D eigenvalue weighted by atomic mass is 32.1. The van der Waals surface area contributed by atoms with Crippen molar-refractivity contribution < 1.29 is 4.74 Å². The molecule has 0 aliphatic carbocycles. The van der Waals surface area contributed by atoms with Gasteiger partial charge in [0.1, 0.15) is 5.69 Å². The Balaban J connectivity index is 2.03. The third-order valence-electron chi connectivity index (χ3n) is 2.55. The van der Waals surface area contributed by atoms with E-state index in [2.05, 4.69) is 33.7 Å². The van der Waals surface area contributed by atoms with E-state index in [1.165, 1.54) is 0 Å². The molecule has 0 bridgehead atoms. The Bertz CT molecular complexity index is 477. The molecule has 0 unspecified atom stereocenters. The second kappa shape index (κ2) is 5.48. The minimum atomic E-state index is 0.717. The van der Waals surface area contributed by atoms with Crippen LogP contribution in [0, 0.1) is 0 Å². The molecule has 0 aliphatic rings. The molecule has 0 saturated heterocycles. The summed E-state index contributed by atoms with van der Waals surface area (Å²) in [5.41, 5.74) is 1.09. The van der Waals surface area contributed by atoms with Crippen LogP contribution in [-0.4, -0.2) is 48.6 Å². The van der Waals surface area contributed by atoms with Gasteiger partial charge in [-0.1, -0.05) is 0 Å². The van der Waals surface area contributed by atoms with Crippen LogP contribution in [0.2, 0.25) is 0 Å². The zero-order chi connectivity index (χ0) is 12.3. The molecule has 5 nitrogen and oxygen atoms in total. The van der Waals surface area contributed by atoms with Gasteiger partial charge in [0.25, 0.3) is 0 Å². The van der Waals surface area contributed by atoms with Gasteiger partial charge in [-0.3, -0.25) is 4.40 Å². The maximum absolute atomic E-state index is 5.29. The highest BCUT2D eigenvalue weighted by molar-refractivity contribution is 7.15. The molecule has 0 saturated carbocycles. The number of ether oxygens (including phenoxy) is 1. The number of nitrogens with one attached hydrogen (secondary N) is 1. The fraction of sp³-hybridized carbons (Fsp3) is 0.545. The summed E-state index contributed by atoms with van der Waals surface area (Å²) in [6.07, 6.45) is 2.03. The molecule has 0 atom stereocenters. The second-order valence-corrected chi connectivity index (χ2v) is 4.98. The molecule has 0 aromatic carbocycles. The Morgan fingerprint density at radius 2 is 2.35 bits per heavy atom. The zero-order valence-electron chi connectivity index (χ0n) is 10.4. The molecule has 2 rings (SSSR count). The smallest absolute Gasteiger partial charge is 0.237 e. The van der Waals surface area contributed by atoms with Gasteiger partial charge in [0.15, 0.2) is 4.96 Å². The van der Waals surface area contributed by atoms with Gasteiger partial charge in [0.05, 0.1) is 7.11 Å². The van der Waals surface area contributed by atoms with Crippen LogP contribution in [0.4, 0.5) is 0 Å². The molecule has 0 aliphatic heterocycles. The molecule has 17 heavy (non-hydrogen) atoms. The molecule has 0 spiro atoms. The van der Waals surface area contributed by atoms with E-state index >= 15 is 0 Å². The quantitative estimate of drug-likeness (QED) is 0.783. The third kappa shape index (κ3) is 2.77. The minimum Gasteiger partial charge on any atom is -0.480 e. The van der Waals surface area contributed by atoms with Crippen molar-refractivity contribution in [2.24, 2.45) is 0 Å². The Kier molecular flexibility index (Phi) is 3.98. The van der Waals surface area contributed by atoms with Crippen LogP contribution in [0.1, 0.15) is 5.69 Å². The van der Waals surface area contributed by atoms with Crippen LogP contribution in [0.15, 0.2) is 11.6 Å². The Hall–Kier alpha value is -1.11. The van der Waals surface area contributed by atoms with Crippen molar-refractivity contribution in [3.05, 3.63) is 17.3 Å². The van der Waals surface area contributed by atoms with Crippen LogP contribution in [0.25, 0.3) is 4.96 Å². The number of likely N-dealkylation sites (N-methyl/N-ethyl adjacent to an activating group) is 1. The Morgan fingerprint density at radius 3 is 3.06 bits per heavy atom. The van der Waals surface area contributed by atoms with E-state index in [0.717, 1.165) is 30.3 Å². The van der Waals surface area contributed by atoms with Crippen molar-refractivity contribution >= 4 is 16.3 Å². The van der Waals surface area contributed by atoms with E-state index in [0.29, 0.717) is 5.88 Å². The maximum Gasteiger partial charge on any atom is 0.237 e. The molecule has 94 valence electrons. The summed E-state index contributed by atoms with van der Waals surface area (Å²) in [4.78, 5) is 7.55. The summed E-state index contributed by atoms with van der Waals surface area (Å²) in [6.45, 7) is 2.75. The normalized spacial score (nSPS) is 11.5. The monoisotopic (exact) mass is 254 g/mol. The lowest BCUT2D eigenvalue weighted by Gasteiger charge is -2.10. The molecule has 2 heterocycles. The van der Waals surface area contributed by atoms with E-state index in [9.17, 15) is 0 Å². The molecule has 6 heteroatoms. The van der Waals surface area contributed by atoms with Gasteiger partial charge in [-0.15, -0.1) is 11.3 Å². The summed E-state index contributed by atoms with van der Waals surface area (Å²) in [6, 6.07) is 0. The van der Waals surface area contributed by atoms with Crippen molar-refractivity contribution in [2.45, 2.75) is 6.54 Å². The molecule has 1 N–H and O–H groups in total. The average molecular weight is 254 g/mol. The third-order valence-corrected chi connectivity index (χ3v) is 3.30.